The van der Waals surface area contributed by atoms with Gasteiger partial charge in [-0.25, -0.2) is 0 Å². The van der Waals surface area contributed by atoms with E-state index in [4.69, 9.17) is 21.1 Å². The monoisotopic (exact) mass is 636 g/mol. The van der Waals surface area contributed by atoms with Gasteiger partial charge in [-0.05, 0) is 70.6 Å². The van der Waals surface area contributed by atoms with Crippen molar-refractivity contribution in [2.75, 3.05) is 12.5 Å². The summed E-state index contributed by atoms with van der Waals surface area (Å²) in [5.74, 6) is -0.355. The first kappa shape index (κ1) is 42.5. The number of carbonyl (C=O) groups excluding carboxylic acids is 2. The summed E-state index contributed by atoms with van der Waals surface area (Å²) in [7, 11) is 0. The zero-order valence-electron chi connectivity index (χ0n) is 28.9. The summed E-state index contributed by atoms with van der Waals surface area (Å²) >= 11 is 5.96. The molecular weight excluding hydrogens is 568 g/mol. The molecule has 0 bridgehead atoms. The van der Waals surface area contributed by atoms with Gasteiger partial charge in [0.2, 0.25) is 0 Å². The molecule has 1 atom stereocenters. The molecule has 0 aromatic heterocycles. The van der Waals surface area contributed by atoms with Gasteiger partial charge in [0.05, 0.1) is 5.88 Å². The first-order chi connectivity index (χ1) is 21.6. The number of esters is 2. The molecule has 0 aliphatic heterocycles. The summed E-state index contributed by atoms with van der Waals surface area (Å²) in [5, 5.41) is 0. The Morgan fingerprint density at radius 3 is 1.41 bits per heavy atom. The highest BCUT2D eigenvalue weighted by Gasteiger charge is 2.16. The van der Waals surface area contributed by atoms with E-state index in [0.717, 1.165) is 57.8 Å². The topological polar surface area (TPSA) is 52.6 Å². The lowest BCUT2D eigenvalue weighted by Crippen LogP contribution is -2.26. The summed E-state index contributed by atoms with van der Waals surface area (Å²) < 4.78 is 10.8. The van der Waals surface area contributed by atoms with Crippen LogP contribution in [0, 0.1) is 0 Å². The van der Waals surface area contributed by atoms with Crippen molar-refractivity contribution in [3.05, 3.63) is 36.5 Å². The van der Waals surface area contributed by atoms with E-state index in [0.29, 0.717) is 12.8 Å². The number of carbonyl (C=O) groups is 2. The summed E-state index contributed by atoms with van der Waals surface area (Å²) in [6, 6.07) is 0. The van der Waals surface area contributed by atoms with E-state index in [1.807, 2.05) is 0 Å². The summed E-state index contributed by atoms with van der Waals surface area (Å²) in [6.07, 6.45) is 42.6. The van der Waals surface area contributed by atoms with E-state index in [-0.39, 0.29) is 24.4 Å². The maximum Gasteiger partial charge on any atom is 0.306 e. The Bertz CT molecular complexity index is 715. The molecule has 0 radical (unpaired) electrons. The summed E-state index contributed by atoms with van der Waals surface area (Å²) in [4.78, 5) is 24.3. The SMILES string of the molecule is CCCCCC=CCC=CCCCCCCCC(=O)OC[C@@H](CCl)OC(=O)CCCCCCCC=CCCCCCCCC. The Labute approximate surface area is 277 Å². The fourth-order valence-corrected chi connectivity index (χ4v) is 5.19. The van der Waals surface area contributed by atoms with E-state index < -0.39 is 6.10 Å². The van der Waals surface area contributed by atoms with Crippen molar-refractivity contribution < 1.29 is 19.1 Å². The van der Waals surface area contributed by atoms with Crippen LogP contribution in [-0.4, -0.2) is 30.5 Å². The minimum atomic E-state index is -0.569. The van der Waals surface area contributed by atoms with Crippen molar-refractivity contribution in [2.24, 2.45) is 0 Å². The molecule has 0 N–H and O–H groups in total. The lowest BCUT2D eigenvalue weighted by molar-refractivity contribution is -0.157. The highest BCUT2D eigenvalue weighted by molar-refractivity contribution is 6.18. The van der Waals surface area contributed by atoms with Crippen LogP contribution in [-0.2, 0) is 19.1 Å². The lowest BCUT2D eigenvalue weighted by atomic mass is 10.1. The Morgan fingerprint density at radius 1 is 0.523 bits per heavy atom. The van der Waals surface area contributed by atoms with Gasteiger partial charge in [0.1, 0.15) is 12.7 Å². The molecule has 0 saturated carbocycles. The largest absolute Gasteiger partial charge is 0.462 e. The van der Waals surface area contributed by atoms with Gasteiger partial charge in [-0.15, -0.1) is 11.6 Å². The normalized spacial score (nSPS) is 12.5. The minimum absolute atomic E-state index is 0.0424. The van der Waals surface area contributed by atoms with Crippen molar-refractivity contribution in [1.82, 2.24) is 0 Å². The fourth-order valence-electron chi connectivity index (χ4n) is 5.03. The second kappa shape index (κ2) is 35.9. The van der Waals surface area contributed by atoms with E-state index in [9.17, 15) is 9.59 Å². The standard InChI is InChI=1S/C39H69ClO4/c1-3-5-7-9-11-13-15-17-19-21-23-25-27-29-31-33-38(41)43-36-37(35-40)44-39(42)34-32-30-28-26-24-22-20-18-16-14-12-10-8-6-4-2/h11,13,17-20,37H,3-10,12,14-16,21-36H2,1-2H3/t37-/m1/s1. The third-order valence-corrected chi connectivity index (χ3v) is 8.22. The molecule has 0 rings (SSSR count). The number of halogens is 1. The van der Waals surface area contributed by atoms with Crippen molar-refractivity contribution in [3.8, 4) is 0 Å². The van der Waals surface area contributed by atoms with E-state index in [1.54, 1.807) is 0 Å². The molecule has 0 spiro atoms. The first-order valence-corrected chi connectivity index (χ1v) is 19.0. The van der Waals surface area contributed by atoms with E-state index >= 15 is 0 Å². The van der Waals surface area contributed by atoms with Crippen molar-refractivity contribution in [1.29, 1.82) is 0 Å². The zero-order valence-corrected chi connectivity index (χ0v) is 29.6. The highest BCUT2D eigenvalue weighted by Crippen LogP contribution is 2.12. The smallest absolute Gasteiger partial charge is 0.306 e. The second-order valence-corrected chi connectivity index (χ2v) is 12.6. The number of allylic oxidation sites excluding steroid dienone is 6. The average Bonchev–Trinajstić information content (AvgIpc) is 3.02. The number of rotatable bonds is 33. The van der Waals surface area contributed by atoms with Crippen LogP contribution in [0.2, 0.25) is 0 Å². The van der Waals surface area contributed by atoms with Gasteiger partial charge in [-0.3, -0.25) is 9.59 Å². The molecule has 0 amide bonds. The zero-order chi connectivity index (χ0) is 32.2. The van der Waals surface area contributed by atoms with Crippen LogP contribution >= 0.6 is 11.6 Å². The van der Waals surface area contributed by atoms with Crippen molar-refractivity contribution in [2.45, 2.75) is 187 Å². The number of hydrogen-bond donors (Lipinski definition) is 0. The minimum Gasteiger partial charge on any atom is -0.462 e. The number of alkyl halides is 1. The molecule has 256 valence electrons. The van der Waals surface area contributed by atoms with Crippen LogP contribution in [0.4, 0.5) is 0 Å². The van der Waals surface area contributed by atoms with Gasteiger partial charge in [0, 0.05) is 12.8 Å². The summed E-state index contributed by atoms with van der Waals surface area (Å²) in [6.45, 7) is 4.54. The molecule has 0 saturated heterocycles. The van der Waals surface area contributed by atoms with Crippen LogP contribution in [0.5, 0.6) is 0 Å². The van der Waals surface area contributed by atoms with Crippen molar-refractivity contribution >= 4 is 23.5 Å². The molecule has 44 heavy (non-hydrogen) atoms. The van der Waals surface area contributed by atoms with Gasteiger partial charge in [0.25, 0.3) is 0 Å². The van der Waals surface area contributed by atoms with Crippen LogP contribution in [0.15, 0.2) is 36.5 Å². The Hall–Kier alpha value is -1.55. The molecule has 0 fully saturated rings. The van der Waals surface area contributed by atoms with E-state index in [2.05, 4.69) is 50.3 Å². The second-order valence-electron chi connectivity index (χ2n) is 12.3. The highest BCUT2D eigenvalue weighted by atomic mass is 35.5. The third kappa shape index (κ3) is 33.3. The molecule has 0 aliphatic rings. The number of hydrogen-bond acceptors (Lipinski definition) is 4. The van der Waals surface area contributed by atoms with Crippen LogP contribution in [0.1, 0.15) is 181 Å². The molecule has 5 heteroatoms. The Morgan fingerprint density at radius 2 is 0.909 bits per heavy atom. The Kier molecular flexibility index (Phi) is 34.7. The third-order valence-electron chi connectivity index (χ3n) is 7.87. The van der Waals surface area contributed by atoms with Crippen LogP contribution in [0.3, 0.4) is 0 Å². The van der Waals surface area contributed by atoms with Gasteiger partial charge in [-0.2, -0.15) is 0 Å². The molecule has 0 unspecified atom stereocenters. The first-order valence-electron chi connectivity index (χ1n) is 18.5. The Balaban J connectivity index is 3.61. The fraction of sp³-hybridized carbons (Fsp3) is 0.795. The number of unbranched alkanes of at least 4 members (excludes halogenated alkanes) is 19. The molecular formula is C39H69ClO4. The van der Waals surface area contributed by atoms with Crippen LogP contribution in [0.25, 0.3) is 0 Å². The predicted octanol–water partition coefficient (Wildman–Crippen LogP) is 12.5. The van der Waals surface area contributed by atoms with Crippen LogP contribution < -0.4 is 0 Å². The molecule has 4 nitrogen and oxygen atoms in total. The van der Waals surface area contributed by atoms with Gasteiger partial charge in [0.15, 0.2) is 0 Å². The van der Waals surface area contributed by atoms with Crippen molar-refractivity contribution in [3.63, 3.8) is 0 Å². The molecule has 0 heterocycles. The van der Waals surface area contributed by atoms with Gasteiger partial charge < -0.3 is 9.47 Å². The van der Waals surface area contributed by atoms with Gasteiger partial charge >= 0.3 is 11.9 Å². The average molecular weight is 637 g/mol. The molecule has 0 aromatic rings. The molecule has 0 aliphatic carbocycles. The van der Waals surface area contributed by atoms with E-state index in [1.165, 1.54) is 96.3 Å². The maximum absolute atomic E-state index is 12.2. The maximum atomic E-state index is 12.2. The molecule has 0 aromatic carbocycles. The quantitative estimate of drug-likeness (QED) is 0.0311. The lowest BCUT2D eigenvalue weighted by Gasteiger charge is -2.15. The summed E-state index contributed by atoms with van der Waals surface area (Å²) in [5.41, 5.74) is 0. The predicted molar refractivity (Wildman–Crippen MR) is 190 cm³/mol. The number of ether oxygens (including phenoxy) is 2. The van der Waals surface area contributed by atoms with Gasteiger partial charge in [-0.1, -0.05) is 134 Å².